The Bertz CT molecular complexity index is 5700. The first-order chi connectivity index (χ1) is 53.5. The number of hydrogen-bond donors (Lipinski definition) is 3. The molecule has 10 aromatic carbocycles. The molecule has 15 aromatic rings. The zero-order valence-corrected chi connectivity index (χ0v) is 68.9. The number of carboxylic acid groups (broad SMARTS) is 1. The van der Waals surface area contributed by atoms with Gasteiger partial charge in [0.05, 0.1) is 22.3 Å². The monoisotopic (exact) mass is 1720 g/mol. The first-order valence-electron chi connectivity index (χ1n) is 35.7. The van der Waals surface area contributed by atoms with Crippen LogP contribution in [-0.2, 0) is 23.6 Å². The van der Waals surface area contributed by atoms with Crippen molar-refractivity contribution in [2.75, 3.05) is 4.93 Å². The lowest BCUT2D eigenvalue weighted by Crippen LogP contribution is -2.26. The number of benzene rings is 10. The molecule has 0 bridgehead atoms. The van der Waals surface area contributed by atoms with Crippen molar-refractivity contribution in [1.82, 2.24) is 23.3 Å². The Labute approximate surface area is 679 Å². The molecule has 5 heterocycles. The number of halogens is 2. The quantitative estimate of drug-likeness (QED) is 0.0476. The van der Waals surface area contributed by atoms with E-state index >= 15 is 0 Å². The summed E-state index contributed by atoms with van der Waals surface area (Å²) in [6.45, 7) is 17.2. The molecule has 569 valence electrons. The maximum absolute atomic E-state index is 12.7. The lowest BCUT2D eigenvalue weighted by Gasteiger charge is -2.19. The average Bonchev–Trinajstić information content (AvgIpc) is 1.64. The summed E-state index contributed by atoms with van der Waals surface area (Å²) in [7, 11) is 4.61. The highest BCUT2D eigenvalue weighted by atomic mass is 127. The average molecular weight is 1720 g/mol. The number of carboxylic acids is 1. The number of para-hydroxylation sites is 1. The van der Waals surface area contributed by atoms with Gasteiger partial charge in [-0.1, -0.05) is 217 Å². The number of aromatic carboxylic acids is 1. The van der Waals surface area contributed by atoms with Crippen LogP contribution in [0.15, 0.2) is 274 Å². The van der Waals surface area contributed by atoms with Crippen LogP contribution in [0.3, 0.4) is 0 Å². The Hall–Kier alpha value is -11.7. The second-order valence-corrected chi connectivity index (χ2v) is 29.1. The van der Waals surface area contributed by atoms with E-state index in [4.69, 9.17) is 19.6 Å². The summed E-state index contributed by atoms with van der Waals surface area (Å²) in [4.78, 5) is 87.1. The minimum atomic E-state index is -0.899. The Balaban J connectivity index is 0.000000156. The van der Waals surface area contributed by atoms with Crippen LogP contribution >= 0.6 is 45.2 Å². The zero-order valence-electron chi connectivity index (χ0n) is 64.6. The lowest BCUT2D eigenvalue weighted by molar-refractivity contribution is 0.0533. The molecule has 0 atom stereocenters. The number of Topliss-reactive ketones (excluding diaryl/α,β-unsaturated/α-hetero) is 4. The van der Waals surface area contributed by atoms with Gasteiger partial charge in [0.1, 0.15) is 11.2 Å². The van der Waals surface area contributed by atoms with E-state index in [0.29, 0.717) is 41.2 Å². The standard InChI is InChI=1S/C21H21NO3.C17H15NO.C16H13NO2.C16H13NO.C15H16INO3.C6H6BO2.CH3I/c1-14(23)16-10-11-17-18(15-8-6-5-7-9-15)13-22(19(17)12-16)20(24)25-21(2,3)4;1-12(19)14-8-9-15-16(11-18(2)17(15)10-14)13-6-4-3-5-7-13;1-17-10-14(11-5-3-2-4-6-11)13-8-7-12(16(18)19)9-15(13)17;1-11(18)13-7-8-14-15(10-17-16(14)9-13)12-5-3-2-4-6-12;1-9(18)10-5-6-11-12(16)8-17(13(11)7-10)14(19)20-15(2,3)4;8-7-9-6-4-2-1-3-5-6;1-2/h5-13H,1-4H3;3-11H,1-2H3;2-10H,1H3,(H,18,19);2-10,17H,1H3;5-8H,1-4H3;1-5,8H;1H3. The van der Waals surface area contributed by atoms with Gasteiger partial charge in [0.2, 0.25) is 0 Å². The molecule has 3 N–H and O–H groups in total. The van der Waals surface area contributed by atoms with Crippen LogP contribution < -0.4 is 4.65 Å². The molecule has 112 heavy (non-hydrogen) atoms. The maximum Gasteiger partial charge on any atom is 0.569 e. The van der Waals surface area contributed by atoms with Crippen LogP contribution in [0, 0.1) is 3.57 Å². The summed E-state index contributed by atoms with van der Waals surface area (Å²) < 4.78 is 23.5. The van der Waals surface area contributed by atoms with Crippen molar-refractivity contribution in [3.63, 3.8) is 0 Å². The normalized spacial score (nSPS) is 10.8. The zero-order chi connectivity index (χ0) is 81.1. The van der Waals surface area contributed by atoms with Crippen molar-refractivity contribution in [3.8, 4) is 50.3 Å². The molecule has 1 radical (unpaired) electrons. The number of alkyl halides is 1. The second kappa shape index (κ2) is 38.3. The van der Waals surface area contributed by atoms with E-state index in [-0.39, 0.29) is 23.1 Å². The predicted molar refractivity (Wildman–Crippen MR) is 468 cm³/mol. The van der Waals surface area contributed by atoms with E-state index in [9.17, 15) is 33.6 Å². The highest BCUT2D eigenvalue weighted by Gasteiger charge is 2.24. The second-order valence-electron chi connectivity index (χ2n) is 27.9. The molecule has 0 aliphatic carbocycles. The van der Waals surface area contributed by atoms with Crippen molar-refractivity contribution < 1.29 is 57.8 Å². The number of H-pyrrole nitrogens is 1. The third-order valence-corrected chi connectivity index (χ3v) is 18.4. The van der Waals surface area contributed by atoms with Crippen molar-refractivity contribution in [3.05, 3.63) is 305 Å². The topological polar surface area (TPSA) is 223 Å². The number of ketones is 4. The molecule has 0 saturated carbocycles. The molecule has 17 nitrogen and oxygen atoms in total. The fraction of sp³-hybridized carbons (Fsp3) is 0.163. The Morgan fingerprint density at radius 3 is 1.08 bits per heavy atom. The highest BCUT2D eigenvalue weighted by Crippen LogP contribution is 2.36. The van der Waals surface area contributed by atoms with Gasteiger partial charge in [0, 0.05) is 137 Å². The minimum absolute atomic E-state index is 0.0288. The molecule has 0 fully saturated rings. The molecule has 5 aromatic heterocycles. The van der Waals surface area contributed by atoms with E-state index in [2.05, 4.69) is 102 Å². The number of nitrogens with zero attached hydrogens (tertiary/aromatic N) is 4. The Morgan fingerprint density at radius 1 is 0.384 bits per heavy atom. The molecule has 0 aliphatic heterocycles. The minimum Gasteiger partial charge on any atom is -0.537 e. The number of aromatic amines is 1. The van der Waals surface area contributed by atoms with Crippen molar-refractivity contribution in [2.24, 2.45) is 14.1 Å². The number of nitrogens with one attached hydrogen (secondary N) is 1. The van der Waals surface area contributed by atoms with E-state index in [1.54, 1.807) is 74.8 Å². The number of aryl methyl sites for hydroxylation is 2. The molecule has 0 saturated heterocycles. The van der Waals surface area contributed by atoms with Crippen LogP contribution in [-0.4, -0.2) is 98.5 Å². The lowest BCUT2D eigenvalue weighted by atomic mass is 10.0. The van der Waals surface area contributed by atoms with Crippen LogP contribution in [0.5, 0.6) is 5.75 Å². The van der Waals surface area contributed by atoms with Gasteiger partial charge in [0.25, 0.3) is 0 Å². The Kier molecular flexibility index (Phi) is 28.8. The van der Waals surface area contributed by atoms with Gasteiger partial charge in [-0.2, -0.15) is 0 Å². The van der Waals surface area contributed by atoms with Crippen molar-refractivity contribution >= 4 is 149 Å². The molecule has 0 spiro atoms. The SMILES string of the molecule is CC(=O)c1ccc2c(-c3ccccc3)c[nH]c2c1.CC(=O)c1ccc2c(-c3ccccc3)cn(C(=O)OC(C)(C)C)c2c1.CC(=O)c1ccc2c(-c3ccccc3)cn(C)c2c1.CC(=O)c1ccc2c(I)cn(C(=O)OC(C)(C)C)c2c1.CI.Cn1cc(-c2ccccc2)c2ccc(C(=O)O)cc21.O[B]Oc1ccccc1. The largest absolute Gasteiger partial charge is 0.569 e. The molecule has 0 unspecified atom stereocenters. The first-order valence-corrected chi connectivity index (χ1v) is 39.0. The molecule has 0 aliphatic rings. The summed E-state index contributed by atoms with van der Waals surface area (Å²) in [5.74, 6) is -0.138. The summed E-state index contributed by atoms with van der Waals surface area (Å²) in [5, 5.41) is 22.5. The number of ether oxygens (including phenoxy) is 2. The summed E-state index contributed by atoms with van der Waals surface area (Å²) in [6.07, 6.45) is 8.74. The van der Waals surface area contributed by atoms with Gasteiger partial charge >= 0.3 is 25.8 Å². The van der Waals surface area contributed by atoms with Gasteiger partial charge in [-0.3, -0.25) is 28.3 Å². The van der Waals surface area contributed by atoms with Crippen LogP contribution in [0.25, 0.3) is 99.0 Å². The molecule has 20 heteroatoms. The van der Waals surface area contributed by atoms with Crippen molar-refractivity contribution in [2.45, 2.75) is 80.4 Å². The summed E-state index contributed by atoms with van der Waals surface area (Å²) in [5.41, 5.74) is 15.1. The first kappa shape index (κ1) is 84.3. The molecular weight excluding hydrogens is 1630 g/mol. The fourth-order valence-corrected chi connectivity index (χ4v) is 12.9. The summed E-state index contributed by atoms with van der Waals surface area (Å²) >= 11 is 4.32. The van der Waals surface area contributed by atoms with Gasteiger partial charge in [0.15, 0.2) is 23.1 Å². The molecule has 15 rings (SSSR count). The molecule has 0 amide bonds. The van der Waals surface area contributed by atoms with Gasteiger partial charge in [-0.15, -0.1) is 0 Å². The van der Waals surface area contributed by atoms with E-state index in [1.807, 2.05) is 235 Å². The number of carbonyl (C=O) groups excluding carboxylic acids is 6. The van der Waals surface area contributed by atoms with Crippen LogP contribution in [0.1, 0.15) is 121 Å². The fourth-order valence-electron chi connectivity index (χ4n) is 12.2. The maximum atomic E-state index is 12.7. The number of rotatable bonds is 11. The smallest absolute Gasteiger partial charge is 0.537 e. The number of aromatic nitrogens is 5. The molecular formula is C92H87BI2N5O12. The van der Waals surface area contributed by atoms with Crippen molar-refractivity contribution in [1.29, 1.82) is 0 Å². The van der Waals surface area contributed by atoms with E-state index in [1.165, 1.54) is 50.6 Å². The van der Waals surface area contributed by atoms with Crippen LogP contribution in [0.2, 0.25) is 0 Å². The summed E-state index contributed by atoms with van der Waals surface area (Å²) in [6, 6.07) is 77.2. The predicted octanol–water partition coefficient (Wildman–Crippen LogP) is 22.8. The third kappa shape index (κ3) is 21.6. The van der Waals surface area contributed by atoms with Crippen LogP contribution in [0.4, 0.5) is 9.59 Å². The number of hydrogen-bond acceptors (Lipinski definition) is 11. The van der Waals surface area contributed by atoms with Gasteiger partial charge < -0.3 is 38.4 Å². The van der Waals surface area contributed by atoms with Gasteiger partial charge in [-0.25, -0.2) is 14.4 Å². The van der Waals surface area contributed by atoms with Gasteiger partial charge in [-0.05, 0) is 168 Å². The number of fused-ring (bicyclic) bond motifs is 5. The highest BCUT2D eigenvalue weighted by molar-refractivity contribution is 14.1. The number of carbonyl (C=O) groups is 7. The third-order valence-electron chi connectivity index (χ3n) is 17.6. The van der Waals surface area contributed by atoms with E-state index in [0.717, 1.165) is 75.0 Å². The van der Waals surface area contributed by atoms with E-state index < -0.39 is 29.4 Å². The Morgan fingerprint density at radius 2 is 0.696 bits per heavy atom.